The molecule has 0 atom stereocenters. The molecular weight excluding hydrogens is 437 g/mol. The molecule has 0 saturated carbocycles. The molecule has 3 rings (SSSR count). The summed E-state index contributed by atoms with van der Waals surface area (Å²) in [5.74, 6) is -0.614. The summed E-state index contributed by atoms with van der Waals surface area (Å²) < 4.78 is 44.5. The van der Waals surface area contributed by atoms with Crippen LogP contribution in [-0.2, 0) is 11.0 Å². The van der Waals surface area contributed by atoms with Crippen LogP contribution in [0.25, 0.3) is 22.8 Å². The average Bonchev–Trinajstić information content (AvgIpc) is 3.18. The largest absolute Gasteiger partial charge is 0.435 e. The summed E-state index contributed by atoms with van der Waals surface area (Å²) in [4.78, 5) is 30.4. The molecule has 0 saturated heterocycles. The van der Waals surface area contributed by atoms with Crippen LogP contribution in [0, 0.1) is 0 Å². The molecule has 0 spiro atoms. The molecule has 0 aliphatic carbocycles. The van der Waals surface area contributed by atoms with Crippen LogP contribution >= 0.6 is 0 Å². The van der Waals surface area contributed by atoms with Crippen LogP contribution in [0.15, 0.2) is 52.9 Å². The van der Waals surface area contributed by atoms with Crippen molar-refractivity contribution in [2.45, 2.75) is 13.1 Å². The van der Waals surface area contributed by atoms with Crippen molar-refractivity contribution < 1.29 is 27.2 Å². The molecule has 2 N–H and O–H groups in total. The second-order valence-corrected chi connectivity index (χ2v) is 7.59. The Morgan fingerprint density at radius 2 is 1.76 bits per heavy atom. The lowest BCUT2D eigenvalue weighted by Crippen LogP contribution is -2.31. The summed E-state index contributed by atoms with van der Waals surface area (Å²) in [7, 11) is 3.73. The van der Waals surface area contributed by atoms with Crippen LogP contribution in [0.4, 0.5) is 18.9 Å². The van der Waals surface area contributed by atoms with Crippen molar-refractivity contribution >= 4 is 17.5 Å². The van der Waals surface area contributed by atoms with Gasteiger partial charge in [-0.2, -0.15) is 13.2 Å². The number of anilines is 1. The molecule has 0 bridgehead atoms. The monoisotopic (exact) mass is 460 g/mol. The SMILES string of the molecule is CC(=O)Nc1cccc(-c2oc(-c3ccc(C(F)(F)F)cc3)nc2C(=O)NCCN(C)C)c1. The second kappa shape index (κ2) is 9.86. The molecule has 0 radical (unpaired) electrons. The summed E-state index contributed by atoms with van der Waals surface area (Å²) in [5, 5.41) is 5.42. The van der Waals surface area contributed by atoms with E-state index in [-0.39, 0.29) is 28.8 Å². The van der Waals surface area contributed by atoms with E-state index in [0.717, 1.165) is 12.1 Å². The van der Waals surface area contributed by atoms with Gasteiger partial charge in [-0.3, -0.25) is 9.59 Å². The fourth-order valence-corrected chi connectivity index (χ4v) is 3.01. The molecule has 0 aliphatic rings. The zero-order valence-corrected chi connectivity index (χ0v) is 18.3. The topological polar surface area (TPSA) is 87.5 Å². The molecule has 2 aromatic carbocycles. The van der Waals surface area contributed by atoms with E-state index < -0.39 is 17.6 Å². The maximum Gasteiger partial charge on any atom is 0.416 e. The van der Waals surface area contributed by atoms with Gasteiger partial charge in [-0.1, -0.05) is 12.1 Å². The van der Waals surface area contributed by atoms with Gasteiger partial charge in [0.25, 0.3) is 5.91 Å². The first-order valence-corrected chi connectivity index (χ1v) is 10.0. The van der Waals surface area contributed by atoms with E-state index in [0.29, 0.717) is 24.3 Å². The highest BCUT2D eigenvalue weighted by molar-refractivity contribution is 5.99. The average molecular weight is 460 g/mol. The van der Waals surface area contributed by atoms with E-state index in [4.69, 9.17) is 4.42 Å². The smallest absolute Gasteiger partial charge is 0.416 e. The van der Waals surface area contributed by atoms with E-state index in [1.807, 2.05) is 19.0 Å². The number of rotatable bonds is 7. The number of amides is 2. The number of hydrogen-bond donors (Lipinski definition) is 2. The van der Waals surface area contributed by atoms with Gasteiger partial charge in [0.2, 0.25) is 11.8 Å². The van der Waals surface area contributed by atoms with Crippen molar-refractivity contribution in [1.82, 2.24) is 15.2 Å². The van der Waals surface area contributed by atoms with Crippen LogP contribution in [0.3, 0.4) is 0 Å². The van der Waals surface area contributed by atoms with Crippen LogP contribution < -0.4 is 10.6 Å². The van der Waals surface area contributed by atoms with Crippen molar-refractivity contribution in [3.63, 3.8) is 0 Å². The number of carbonyl (C=O) groups excluding carboxylic acids is 2. The Hall–Kier alpha value is -3.66. The highest BCUT2D eigenvalue weighted by atomic mass is 19.4. The van der Waals surface area contributed by atoms with Gasteiger partial charge in [-0.05, 0) is 50.5 Å². The lowest BCUT2D eigenvalue weighted by atomic mass is 10.1. The molecule has 0 aliphatic heterocycles. The number of oxazole rings is 1. The molecule has 10 heteroatoms. The van der Waals surface area contributed by atoms with Crippen LogP contribution in [0.1, 0.15) is 23.0 Å². The second-order valence-electron chi connectivity index (χ2n) is 7.59. The van der Waals surface area contributed by atoms with E-state index in [1.165, 1.54) is 19.1 Å². The molecule has 174 valence electrons. The standard InChI is InChI=1S/C23H23F3N4O3/c1-14(31)28-18-6-4-5-16(13-18)20-19(21(32)27-11-12-30(2)3)29-22(33-20)15-7-9-17(10-8-15)23(24,25)26/h4-10,13H,11-12H2,1-3H3,(H,27,32)(H,28,31). The van der Waals surface area contributed by atoms with E-state index in [9.17, 15) is 22.8 Å². The molecule has 0 fully saturated rings. The Kier molecular flexibility index (Phi) is 7.17. The highest BCUT2D eigenvalue weighted by Gasteiger charge is 2.30. The summed E-state index contributed by atoms with van der Waals surface area (Å²) in [6, 6.07) is 11.0. The molecule has 7 nitrogen and oxygen atoms in total. The van der Waals surface area contributed by atoms with Gasteiger partial charge in [0, 0.05) is 36.8 Å². The number of alkyl halides is 3. The molecule has 1 aromatic heterocycles. The Bertz CT molecular complexity index is 1140. The summed E-state index contributed by atoms with van der Waals surface area (Å²) in [6.45, 7) is 2.33. The predicted molar refractivity (Wildman–Crippen MR) is 118 cm³/mol. The zero-order chi connectivity index (χ0) is 24.2. The first kappa shape index (κ1) is 24.0. The number of halogens is 3. The first-order valence-electron chi connectivity index (χ1n) is 10.0. The number of hydrogen-bond acceptors (Lipinski definition) is 5. The number of nitrogens with one attached hydrogen (secondary N) is 2. The Morgan fingerprint density at radius 1 is 1.06 bits per heavy atom. The minimum Gasteiger partial charge on any atom is -0.435 e. The van der Waals surface area contributed by atoms with Gasteiger partial charge >= 0.3 is 6.18 Å². The van der Waals surface area contributed by atoms with Gasteiger partial charge in [-0.15, -0.1) is 0 Å². The summed E-state index contributed by atoms with van der Waals surface area (Å²) >= 11 is 0. The summed E-state index contributed by atoms with van der Waals surface area (Å²) in [5.41, 5.74) is 0.442. The van der Waals surface area contributed by atoms with Crippen molar-refractivity contribution in [2.75, 3.05) is 32.5 Å². The van der Waals surface area contributed by atoms with Crippen molar-refractivity contribution in [3.8, 4) is 22.8 Å². The minimum absolute atomic E-state index is 0.00131. The minimum atomic E-state index is -4.47. The van der Waals surface area contributed by atoms with Gasteiger partial charge in [-0.25, -0.2) is 4.98 Å². The number of benzene rings is 2. The molecule has 1 heterocycles. The quantitative estimate of drug-likeness (QED) is 0.550. The third-order valence-electron chi connectivity index (χ3n) is 4.59. The molecule has 0 unspecified atom stereocenters. The normalized spacial score (nSPS) is 11.5. The molecular formula is C23H23F3N4O3. The number of nitrogens with zero attached hydrogens (tertiary/aromatic N) is 2. The maximum absolute atomic E-state index is 12.9. The fourth-order valence-electron chi connectivity index (χ4n) is 3.01. The zero-order valence-electron chi connectivity index (χ0n) is 18.3. The van der Waals surface area contributed by atoms with Gasteiger partial charge in [0.1, 0.15) is 0 Å². The highest BCUT2D eigenvalue weighted by Crippen LogP contribution is 2.34. The van der Waals surface area contributed by atoms with Crippen LogP contribution in [0.5, 0.6) is 0 Å². The van der Waals surface area contributed by atoms with Crippen molar-refractivity contribution in [1.29, 1.82) is 0 Å². The van der Waals surface area contributed by atoms with Gasteiger partial charge in [0.05, 0.1) is 5.56 Å². The van der Waals surface area contributed by atoms with E-state index in [1.54, 1.807) is 24.3 Å². The Morgan fingerprint density at radius 3 is 2.36 bits per heavy atom. The molecule has 2 amide bonds. The van der Waals surface area contributed by atoms with Gasteiger partial charge < -0.3 is 20.0 Å². The van der Waals surface area contributed by atoms with Crippen molar-refractivity contribution in [3.05, 3.63) is 59.8 Å². The summed E-state index contributed by atoms with van der Waals surface area (Å²) in [6.07, 6.45) is -4.47. The number of aromatic nitrogens is 1. The third kappa shape index (κ3) is 6.19. The number of likely N-dealkylation sites (N-methyl/N-ethyl adjacent to an activating group) is 1. The van der Waals surface area contributed by atoms with E-state index in [2.05, 4.69) is 15.6 Å². The van der Waals surface area contributed by atoms with Crippen molar-refractivity contribution in [2.24, 2.45) is 0 Å². The number of carbonyl (C=O) groups is 2. The Labute approximate surface area is 188 Å². The third-order valence-corrected chi connectivity index (χ3v) is 4.59. The maximum atomic E-state index is 12.9. The lowest BCUT2D eigenvalue weighted by Gasteiger charge is -2.10. The lowest BCUT2D eigenvalue weighted by molar-refractivity contribution is -0.137. The predicted octanol–water partition coefficient (Wildman–Crippen LogP) is 4.28. The van der Waals surface area contributed by atoms with Crippen LogP contribution in [-0.4, -0.2) is 48.9 Å². The van der Waals surface area contributed by atoms with Crippen LogP contribution in [0.2, 0.25) is 0 Å². The van der Waals surface area contributed by atoms with E-state index >= 15 is 0 Å². The molecule has 3 aromatic rings. The fraction of sp³-hybridized carbons (Fsp3) is 0.261. The van der Waals surface area contributed by atoms with Gasteiger partial charge in [0.15, 0.2) is 11.5 Å². The molecule has 33 heavy (non-hydrogen) atoms. The first-order chi connectivity index (χ1) is 15.5. The Balaban J connectivity index is 2.01.